The van der Waals surface area contributed by atoms with Crippen molar-refractivity contribution in [2.45, 2.75) is 45.1 Å². The van der Waals surface area contributed by atoms with Crippen LogP contribution in [0.2, 0.25) is 0 Å². The predicted octanol–water partition coefficient (Wildman–Crippen LogP) is 4.37. The minimum Gasteiger partial charge on any atom is -0.481 e. The van der Waals surface area contributed by atoms with Crippen LogP contribution in [-0.2, 0) is 16.0 Å². The zero-order valence-corrected chi connectivity index (χ0v) is 22.9. The molecule has 9 nitrogen and oxygen atoms in total. The maximum absolute atomic E-state index is 13.5. The Bertz CT molecular complexity index is 1470. The monoisotopic (exact) mass is 540 g/mol. The number of ether oxygens (including phenoxy) is 1. The molecule has 4 aromatic rings. The summed E-state index contributed by atoms with van der Waals surface area (Å²) in [6.45, 7) is 2.60. The summed E-state index contributed by atoms with van der Waals surface area (Å²) in [5, 5.41) is 14.0. The van der Waals surface area contributed by atoms with Crippen LogP contribution in [0.5, 0.6) is 5.88 Å². The van der Waals surface area contributed by atoms with Crippen molar-refractivity contribution in [2.75, 3.05) is 19.0 Å². The third-order valence-electron chi connectivity index (χ3n) is 7.87. The van der Waals surface area contributed by atoms with E-state index in [-0.39, 0.29) is 17.7 Å². The van der Waals surface area contributed by atoms with Gasteiger partial charge in [0.1, 0.15) is 6.04 Å². The van der Waals surface area contributed by atoms with Gasteiger partial charge >= 0.3 is 0 Å². The Morgan fingerprint density at radius 3 is 2.55 bits per heavy atom. The number of carbonyl (C=O) groups excluding carboxylic acids is 2. The molecule has 2 heterocycles. The molecule has 2 aromatic heterocycles. The number of aromatic nitrogens is 3. The van der Waals surface area contributed by atoms with Gasteiger partial charge in [0.05, 0.1) is 18.8 Å². The molecule has 0 aliphatic heterocycles. The second-order valence-corrected chi connectivity index (χ2v) is 10.6. The number of H-pyrrole nitrogens is 1. The number of anilines is 1. The predicted molar refractivity (Wildman–Crippen MR) is 156 cm³/mol. The Labute approximate surface area is 233 Å². The minimum atomic E-state index is -0.729. The van der Waals surface area contributed by atoms with Crippen molar-refractivity contribution in [3.05, 3.63) is 72.1 Å². The second-order valence-electron chi connectivity index (χ2n) is 10.6. The molecule has 0 spiro atoms. The van der Waals surface area contributed by atoms with Crippen LogP contribution >= 0.6 is 0 Å². The minimum absolute atomic E-state index is 0.0730. The first-order valence-corrected chi connectivity index (χ1v) is 13.8. The number of methoxy groups -OCH3 is 1. The smallest absolute Gasteiger partial charge is 0.247 e. The van der Waals surface area contributed by atoms with Crippen molar-refractivity contribution in [2.24, 2.45) is 17.6 Å². The van der Waals surface area contributed by atoms with E-state index in [9.17, 15) is 9.59 Å². The van der Waals surface area contributed by atoms with Gasteiger partial charge in [0, 0.05) is 40.7 Å². The van der Waals surface area contributed by atoms with Gasteiger partial charge in [0.25, 0.3) is 0 Å². The molecule has 5 N–H and O–H groups in total. The summed E-state index contributed by atoms with van der Waals surface area (Å²) in [6, 6.07) is 16.7. The number of hydrogen-bond donors (Lipinski definition) is 4. The summed E-state index contributed by atoms with van der Waals surface area (Å²) in [7, 11) is 1.60. The normalized spacial score (nSPS) is 17.8. The number of nitrogens with zero attached hydrogens (tertiary/aromatic N) is 2. The number of aryl methyl sites for hydroxylation is 1. The first-order chi connectivity index (χ1) is 19.4. The zero-order valence-electron chi connectivity index (χ0n) is 22.9. The Morgan fingerprint density at radius 2 is 1.85 bits per heavy atom. The Hall–Kier alpha value is -4.24. The molecule has 1 unspecified atom stereocenters. The highest BCUT2D eigenvalue weighted by atomic mass is 16.5. The van der Waals surface area contributed by atoms with E-state index in [1.807, 2.05) is 61.5 Å². The van der Waals surface area contributed by atoms with Crippen LogP contribution in [-0.4, -0.2) is 46.7 Å². The van der Waals surface area contributed by atoms with Crippen molar-refractivity contribution in [3.8, 4) is 17.0 Å². The summed E-state index contributed by atoms with van der Waals surface area (Å²) < 4.78 is 5.22. The first-order valence-electron chi connectivity index (χ1n) is 13.8. The fraction of sp³-hybridized carbons (Fsp3) is 0.355. The third-order valence-corrected chi connectivity index (χ3v) is 7.87. The third kappa shape index (κ3) is 6.31. The van der Waals surface area contributed by atoms with Crippen LogP contribution < -0.4 is 21.1 Å². The van der Waals surface area contributed by atoms with Crippen LogP contribution in [0.1, 0.15) is 36.9 Å². The lowest BCUT2D eigenvalue weighted by Gasteiger charge is -2.28. The van der Waals surface area contributed by atoms with E-state index in [0.29, 0.717) is 30.5 Å². The molecule has 1 atom stereocenters. The Morgan fingerprint density at radius 1 is 1.07 bits per heavy atom. The molecule has 40 heavy (non-hydrogen) atoms. The first kappa shape index (κ1) is 27.3. The molecule has 1 aliphatic rings. The van der Waals surface area contributed by atoms with Crippen molar-refractivity contribution < 1.29 is 14.3 Å². The fourth-order valence-corrected chi connectivity index (χ4v) is 5.42. The summed E-state index contributed by atoms with van der Waals surface area (Å²) in [5.41, 5.74) is 11.1. The maximum atomic E-state index is 13.5. The lowest BCUT2D eigenvalue weighted by molar-refractivity contribution is -0.130. The Kier molecular flexibility index (Phi) is 8.40. The van der Waals surface area contributed by atoms with Crippen LogP contribution in [0.4, 0.5) is 5.69 Å². The van der Waals surface area contributed by atoms with Gasteiger partial charge in [-0.15, -0.1) is 0 Å². The van der Waals surface area contributed by atoms with E-state index in [0.717, 1.165) is 59.0 Å². The molecule has 2 amide bonds. The lowest BCUT2D eigenvalue weighted by atomic mass is 9.81. The molecule has 9 heteroatoms. The molecule has 0 bridgehead atoms. The second kappa shape index (κ2) is 12.3. The lowest BCUT2D eigenvalue weighted by Crippen LogP contribution is -2.48. The van der Waals surface area contributed by atoms with Crippen molar-refractivity contribution in [1.29, 1.82) is 0 Å². The number of carbonyl (C=O) groups is 2. The fourth-order valence-electron chi connectivity index (χ4n) is 5.42. The van der Waals surface area contributed by atoms with Gasteiger partial charge in [0.2, 0.25) is 17.7 Å². The molecule has 1 aliphatic carbocycles. The molecular weight excluding hydrogens is 504 g/mol. The van der Waals surface area contributed by atoms with Gasteiger partial charge in [-0.25, -0.2) is 4.98 Å². The number of nitrogens with two attached hydrogens (primary N) is 1. The largest absolute Gasteiger partial charge is 0.481 e. The van der Waals surface area contributed by atoms with Crippen LogP contribution in [0.25, 0.3) is 22.0 Å². The summed E-state index contributed by atoms with van der Waals surface area (Å²) >= 11 is 0. The molecule has 2 aromatic carbocycles. The van der Waals surface area contributed by atoms with Gasteiger partial charge in [0.15, 0.2) is 0 Å². The van der Waals surface area contributed by atoms with Gasteiger partial charge in [-0.3, -0.25) is 14.7 Å². The van der Waals surface area contributed by atoms with Gasteiger partial charge in [-0.1, -0.05) is 24.3 Å². The molecule has 1 saturated carbocycles. The van der Waals surface area contributed by atoms with Gasteiger partial charge in [-0.05, 0) is 80.5 Å². The van der Waals surface area contributed by atoms with Crippen molar-refractivity contribution in [1.82, 2.24) is 20.5 Å². The summed E-state index contributed by atoms with van der Waals surface area (Å²) in [4.78, 5) is 31.2. The SMILES string of the molecule is COc1ccc(-c2ccc(CC(NC(=O)C3CCC(CN)CC3)C(=O)Nc3ccc4cn[nH]c4c3)cc2)c(C)n1. The summed E-state index contributed by atoms with van der Waals surface area (Å²) in [6.07, 6.45) is 5.57. The number of aromatic amines is 1. The molecular formula is C31H36N6O3. The molecule has 1 fully saturated rings. The number of pyridine rings is 1. The van der Waals surface area contributed by atoms with Gasteiger partial charge in [-0.2, -0.15) is 5.10 Å². The number of benzene rings is 2. The van der Waals surface area contributed by atoms with Crippen LogP contribution in [0, 0.1) is 18.8 Å². The molecule has 5 rings (SSSR count). The molecule has 0 radical (unpaired) electrons. The van der Waals surface area contributed by atoms with Crippen LogP contribution in [0.3, 0.4) is 0 Å². The van der Waals surface area contributed by atoms with Crippen LogP contribution in [0.15, 0.2) is 60.8 Å². The van der Waals surface area contributed by atoms with E-state index >= 15 is 0 Å². The highest BCUT2D eigenvalue weighted by Gasteiger charge is 2.29. The quantitative estimate of drug-likeness (QED) is 0.249. The van der Waals surface area contributed by atoms with E-state index in [1.54, 1.807) is 13.3 Å². The van der Waals surface area contributed by atoms with Crippen molar-refractivity contribution in [3.63, 3.8) is 0 Å². The summed E-state index contributed by atoms with van der Waals surface area (Å²) in [5.74, 6) is 0.611. The average molecular weight is 541 g/mol. The standard InChI is InChI=1S/C31H36N6O3/c1-19-26(13-14-29(34-19)40-2)22-7-3-20(4-8-22)15-28(36-30(38)23-9-5-21(17-32)6-10-23)31(39)35-25-12-11-24-18-33-37-27(24)16-25/h3-4,7-8,11-14,16,18,21,23,28H,5-6,9-10,15,17,32H2,1-2H3,(H,33,37)(H,35,39)(H,36,38). The van der Waals surface area contributed by atoms with E-state index in [2.05, 4.69) is 25.8 Å². The van der Waals surface area contributed by atoms with Gasteiger partial charge < -0.3 is 21.1 Å². The average Bonchev–Trinajstić information content (AvgIpc) is 3.45. The van der Waals surface area contributed by atoms with E-state index in [4.69, 9.17) is 10.5 Å². The number of hydrogen-bond acceptors (Lipinski definition) is 6. The molecule has 208 valence electrons. The topological polar surface area (TPSA) is 135 Å². The van der Waals surface area contributed by atoms with E-state index in [1.165, 1.54) is 0 Å². The highest BCUT2D eigenvalue weighted by Crippen LogP contribution is 2.29. The number of amides is 2. The van der Waals surface area contributed by atoms with E-state index < -0.39 is 6.04 Å². The Balaban J connectivity index is 1.33. The van der Waals surface area contributed by atoms with Crippen molar-refractivity contribution >= 4 is 28.4 Å². The molecule has 0 saturated heterocycles. The number of nitrogens with one attached hydrogen (secondary N) is 3. The number of fused-ring (bicyclic) bond motifs is 1. The number of rotatable bonds is 9. The maximum Gasteiger partial charge on any atom is 0.247 e. The highest BCUT2D eigenvalue weighted by molar-refractivity contribution is 5.99. The zero-order chi connectivity index (χ0) is 28.1.